The molecule has 1 aromatic heterocycles. The molecule has 6 heteroatoms. The summed E-state index contributed by atoms with van der Waals surface area (Å²) in [4.78, 5) is 15.8. The summed E-state index contributed by atoms with van der Waals surface area (Å²) in [5.74, 6) is 0.573. The van der Waals surface area contributed by atoms with E-state index in [1.54, 1.807) is 24.4 Å². The zero-order valence-corrected chi connectivity index (χ0v) is 12.8. The molecule has 0 saturated heterocycles. The Balaban J connectivity index is 1.55. The molecule has 0 radical (unpaired) electrons. The van der Waals surface area contributed by atoms with Crippen LogP contribution in [0.5, 0.6) is 5.75 Å². The van der Waals surface area contributed by atoms with Gasteiger partial charge in [0.25, 0.3) is 0 Å². The third-order valence-electron chi connectivity index (χ3n) is 3.68. The predicted octanol–water partition coefficient (Wildman–Crippen LogP) is 3.19. The van der Waals surface area contributed by atoms with E-state index >= 15 is 0 Å². The van der Waals surface area contributed by atoms with E-state index < -0.39 is 0 Å². The number of hydrogen-bond acceptors (Lipinski definition) is 4. The van der Waals surface area contributed by atoms with Crippen LogP contribution in [0.2, 0.25) is 0 Å². The standard InChI is InChI=1S/C17H18FN3O2/c1-23-15-6-2-11(8-14(15)18)9-19-13-5-7-16(20-10-13)21-17(22)12-3-4-12/h2,5-8,10,12,19H,3-4,9H2,1H3,(H,20,21,22). The van der Waals surface area contributed by atoms with Crippen molar-refractivity contribution in [2.45, 2.75) is 19.4 Å². The highest BCUT2D eigenvalue weighted by Crippen LogP contribution is 2.30. The van der Waals surface area contributed by atoms with Gasteiger partial charge in [-0.3, -0.25) is 4.79 Å². The Morgan fingerprint density at radius 3 is 2.78 bits per heavy atom. The molecular weight excluding hydrogens is 297 g/mol. The van der Waals surface area contributed by atoms with Crippen LogP contribution in [0.25, 0.3) is 0 Å². The third kappa shape index (κ3) is 3.97. The molecule has 1 aliphatic carbocycles. The maximum atomic E-state index is 13.6. The van der Waals surface area contributed by atoms with Gasteiger partial charge < -0.3 is 15.4 Å². The molecule has 1 saturated carbocycles. The highest BCUT2D eigenvalue weighted by atomic mass is 19.1. The van der Waals surface area contributed by atoms with Gasteiger partial charge in [0, 0.05) is 12.5 Å². The van der Waals surface area contributed by atoms with Crippen molar-refractivity contribution in [1.82, 2.24) is 4.98 Å². The number of carbonyl (C=O) groups excluding carboxylic acids is 1. The fourth-order valence-corrected chi connectivity index (χ4v) is 2.17. The fraction of sp³-hybridized carbons (Fsp3) is 0.294. The summed E-state index contributed by atoms with van der Waals surface area (Å²) in [7, 11) is 1.44. The van der Waals surface area contributed by atoms with Gasteiger partial charge in [0.2, 0.25) is 5.91 Å². The molecule has 120 valence electrons. The van der Waals surface area contributed by atoms with E-state index in [-0.39, 0.29) is 23.4 Å². The van der Waals surface area contributed by atoms with Gasteiger partial charge in [0.15, 0.2) is 11.6 Å². The van der Waals surface area contributed by atoms with E-state index in [1.807, 2.05) is 6.07 Å². The van der Waals surface area contributed by atoms with Crippen molar-refractivity contribution in [2.24, 2.45) is 5.92 Å². The Morgan fingerprint density at radius 2 is 2.17 bits per heavy atom. The van der Waals surface area contributed by atoms with Crippen molar-refractivity contribution in [3.63, 3.8) is 0 Å². The number of nitrogens with one attached hydrogen (secondary N) is 2. The average molecular weight is 315 g/mol. The Bertz CT molecular complexity index is 699. The molecule has 1 amide bonds. The average Bonchev–Trinajstić information content (AvgIpc) is 3.39. The van der Waals surface area contributed by atoms with Gasteiger partial charge in [-0.15, -0.1) is 0 Å². The molecule has 5 nitrogen and oxygen atoms in total. The first kappa shape index (κ1) is 15.3. The van der Waals surface area contributed by atoms with E-state index in [0.29, 0.717) is 12.4 Å². The zero-order chi connectivity index (χ0) is 16.2. The Kier molecular flexibility index (Phi) is 4.41. The molecule has 0 spiro atoms. The lowest BCUT2D eigenvalue weighted by Gasteiger charge is -2.09. The number of anilines is 2. The molecule has 0 bridgehead atoms. The molecule has 23 heavy (non-hydrogen) atoms. The molecule has 0 atom stereocenters. The largest absolute Gasteiger partial charge is 0.494 e. The van der Waals surface area contributed by atoms with Crippen molar-refractivity contribution < 1.29 is 13.9 Å². The van der Waals surface area contributed by atoms with Crippen LogP contribution in [0.4, 0.5) is 15.9 Å². The van der Waals surface area contributed by atoms with Crippen LogP contribution in [0.15, 0.2) is 36.5 Å². The number of rotatable bonds is 6. The maximum Gasteiger partial charge on any atom is 0.228 e. The first-order chi connectivity index (χ1) is 11.2. The number of amides is 1. The minimum absolute atomic E-state index is 0.0342. The third-order valence-corrected chi connectivity index (χ3v) is 3.68. The lowest BCUT2D eigenvalue weighted by atomic mass is 10.2. The summed E-state index contributed by atoms with van der Waals surface area (Å²) in [6, 6.07) is 8.41. The van der Waals surface area contributed by atoms with Crippen molar-refractivity contribution in [1.29, 1.82) is 0 Å². The number of carbonyl (C=O) groups is 1. The topological polar surface area (TPSA) is 63.2 Å². The van der Waals surface area contributed by atoms with E-state index in [9.17, 15) is 9.18 Å². The summed E-state index contributed by atoms with van der Waals surface area (Å²) >= 11 is 0. The smallest absolute Gasteiger partial charge is 0.228 e. The maximum absolute atomic E-state index is 13.6. The molecule has 1 aliphatic rings. The first-order valence-corrected chi connectivity index (χ1v) is 7.49. The Labute approximate surface area is 133 Å². The van der Waals surface area contributed by atoms with Crippen molar-refractivity contribution in [3.8, 4) is 5.75 Å². The lowest BCUT2D eigenvalue weighted by molar-refractivity contribution is -0.117. The van der Waals surface area contributed by atoms with Crippen molar-refractivity contribution in [3.05, 3.63) is 47.9 Å². The molecule has 2 aromatic rings. The first-order valence-electron chi connectivity index (χ1n) is 7.49. The van der Waals surface area contributed by atoms with Crippen LogP contribution < -0.4 is 15.4 Å². The van der Waals surface area contributed by atoms with E-state index in [0.717, 1.165) is 24.1 Å². The van der Waals surface area contributed by atoms with E-state index in [1.165, 1.54) is 13.2 Å². The number of nitrogens with zero attached hydrogens (tertiary/aromatic N) is 1. The van der Waals surface area contributed by atoms with Gasteiger partial charge in [-0.1, -0.05) is 6.07 Å². The second-order valence-corrected chi connectivity index (χ2v) is 5.52. The predicted molar refractivity (Wildman–Crippen MR) is 85.9 cm³/mol. The number of halogens is 1. The van der Waals surface area contributed by atoms with Crippen LogP contribution in [0, 0.1) is 11.7 Å². The minimum Gasteiger partial charge on any atom is -0.494 e. The number of aromatic nitrogens is 1. The Hall–Kier alpha value is -2.63. The van der Waals surface area contributed by atoms with Crippen LogP contribution >= 0.6 is 0 Å². The number of methoxy groups -OCH3 is 1. The second-order valence-electron chi connectivity index (χ2n) is 5.52. The molecule has 2 N–H and O–H groups in total. The molecule has 3 rings (SSSR count). The normalized spacial score (nSPS) is 13.5. The highest BCUT2D eigenvalue weighted by Gasteiger charge is 2.29. The second kappa shape index (κ2) is 6.64. The van der Waals surface area contributed by atoms with Crippen molar-refractivity contribution >= 4 is 17.4 Å². The van der Waals surface area contributed by atoms with Crippen LogP contribution in [-0.2, 0) is 11.3 Å². The number of hydrogen-bond donors (Lipinski definition) is 2. The molecule has 1 aromatic carbocycles. The summed E-state index contributed by atoms with van der Waals surface area (Å²) in [6.45, 7) is 0.469. The molecule has 1 fully saturated rings. The van der Waals surface area contributed by atoms with Crippen molar-refractivity contribution in [2.75, 3.05) is 17.7 Å². The SMILES string of the molecule is COc1ccc(CNc2ccc(NC(=O)C3CC3)nc2)cc1F. The number of ether oxygens (including phenoxy) is 1. The molecule has 0 aliphatic heterocycles. The van der Waals surface area contributed by atoms with Crippen LogP contribution in [0.3, 0.4) is 0 Å². The van der Waals surface area contributed by atoms with Gasteiger partial charge >= 0.3 is 0 Å². The van der Waals surface area contributed by atoms with Crippen LogP contribution in [0.1, 0.15) is 18.4 Å². The minimum atomic E-state index is -0.386. The van der Waals surface area contributed by atoms with E-state index in [2.05, 4.69) is 15.6 Å². The Morgan fingerprint density at radius 1 is 1.35 bits per heavy atom. The summed E-state index contributed by atoms with van der Waals surface area (Å²) < 4.78 is 18.5. The lowest BCUT2D eigenvalue weighted by Crippen LogP contribution is -2.14. The molecule has 1 heterocycles. The summed E-state index contributed by atoms with van der Waals surface area (Å²) in [6.07, 6.45) is 3.57. The van der Waals surface area contributed by atoms with E-state index in [4.69, 9.17) is 4.74 Å². The van der Waals surface area contributed by atoms with Gasteiger partial charge in [-0.05, 0) is 42.7 Å². The highest BCUT2D eigenvalue weighted by molar-refractivity contribution is 5.93. The fourth-order valence-electron chi connectivity index (χ4n) is 2.17. The summed E-state index contributed by atoms with van der Waals surface area (Å²) in [5.41, 5.74) is 1.60. The molecule has 0 unspecified atom stereocenters. The van der Waals surface area contributed by atoms with Gasteiger partial charge in [-0.25, -0.2) is 9.37 Å². The number of pyridine rings is 1. The van der Waals surface area contributed by atoms with Gasteiger partial charge in [-0.2, -0.15) is 0 Å². The number of benzene rings is 1. The zero-order valence-electron chi connectivity index (χ0n) is 12.8. The summed E-state index contributed by atoms with van der Waals surface area (Å²) in [5, 5.41) is 5.94. The molecular formula is C17H18FN3O2. The monoisotopic (exact) mass is 315 g/mol. The van der Waals surface area contributed by atoms with Gasteiger partial charge in [0.05, 0.1) is 19.0 Å². The van der Waals surface area contributed by atoms with Crippen LogP contribution in [-0.4, -0.2) is 18.0 Å². The van der Waals surface area contributed by atoms with Gasteiger partial charge in [0.1, 0.15) is 5.82 Å². The quantitative estimate of drug-likeness (QED) is 0.859.